The standard InChI is InChI=1S/C6H14O6S4/c7-15(8,13)5-3-11-1-2-12-4-6-16(9,10)14/h1-6H2,(H,7,8,13)(H,9,10,14). The highest BCUT2D eigenvalue weighted by Gasteiger charge is 2.01. The van der Waals surface area contributed by atoms with Gasteiger partial charge in [0.05, 0.1) is 37.9 Å². The van der Waals surface area contributed by atoms with Crippen molar-refractivity contribution in [2.45, 2.75) is 0 Å². The Hall–Kier alpha value is 0.580. The summed E-state index contributed by atoms with van der Waals surface area (Å²) in [6.45, 7) is 0.629. The maximum atomic E-state index is 10.6. The van der Waals surface area contributed by atoms with Crippen molar-refractivity contribution in [3.05, 3.63) is 0 Å². The van der Waals surface area contributed by atoms with Crippen molar-refractivity contribution >= 4 is 39.9 Å². The van der Waals surface area contributed by atoms with Crippen molar-refractivity contribution in [1.82, 2.24) is 0 Å². The molecule has 16 heavy (non-hydrogen) atoms. The van der Waals surface area contributed by atoms with E-state index in [4.69, 9.17) is 18.6 Å². The first-order valence-corrected chi connectivity index (χ1v) is 9.48. The molecule has 98 valence electrons. The van der Waals surface area contributed by atoms with Gasteiger partial charge in [0.1, 0.15) is 17.5 Å². The van der Waals surface area contributed by atoms with Gasteiger partial charge in [0.15, 0.2) is 0 Å². The number of hydrogen-bond acceptors (Lipinski definition) is 6. The van der Waals surface area contributed by atoms with E-state index in [1.54, 1.807) is 0 Å². The van der Waals surface area contributed by atoms with Crippen LogP contribution in [0.1, 0.15) is 0 Å². The molecule has 0 aromatic carbocycles. The van der Waals surface area contributed by atoms with Gasteiger partial charge < -0.3 is 18.6 Å². The van der Waals surface area contributed by atoms with Crippen molar-refractivity contribution < 1.29 is 27.0 Å². The van der Waals surface area contributed by atoms with Gasteiger partial charge in [-0.1, -0.05) is 0 Å². The lowest BCUT2D eigenvalue weighted by molar-refractivity contribution is 0.0595. The first kappa shape index (κ1) is 16.6. The van der Waals surface area contributed by atoms with E-state index in [0.717, 1.165) is 0 Å². The molecule has 0 aliphatic heterocycles. The average Bonchev–Trinajstić information content (AvgIpc) is 2.06. The van der Waals surface area contributed by atoms with Crippen LogP contribution in [0.25, 0.3) is 0 Å². The predicted octanol–water partition coefficient (Wildman–Crippen LogP) is -0.542. The summed E-state index contributed by atoms with van der Waals surface area (Å²) in [6.07, 6.45) is 0. The lowest BCUT2D eigenvalue weighted by Crippen LogP contribution is -2.15. The summed E-state index contributed by atoms with van der Waals surface area (Å²) in [5.41, 5.74) is 0. The maximum absolute atomic E-state index is 10.6. The number of hydrogen-bond donors (Lipinski definition) is 2. The highest BCUT2D eigenvalue weighted by atomic mass is 32.8. The van der Waals surface area contributed by atoms with Gasteiger partial charge in [0.2, 0.25) is 0 Å². The normalized spacial score (nSPS) is 18.9. The largest absolute Gasteiger partial charge is 0.378 e. The molecule has 2 atom stereocenters. The molecule has 0 heterocycles. The minimum absolute atomic E-state index is 0.0833. The van der Waals surface area contributed by atoms with Crippen LogP contribution in [0.3, 0.4) is 0 Å². The van der Waals surface area contributed by atoms with E-state index in [0.29, 0.717) is 0 Å². The molecule has 0 rings (SSSR count). The Morgan fingerprint density at radius 2 is 1.12 bits per heavy atom. The summed E-state index contributed by atoms with van der Waals surface area (Å²) < 4.78 is 48.6. The summed E-state index contributed by atoms with van der Waals surface area (Å²) in [5.74, 6) is -0.197. The highest BCUT2D eigenvalue weighted by Crippen LogP contribution is 1.87. The third kappa shape index (κ3) is 14.6. The Kier molecular flexibility index (Phi) is 8.10. The molecular weight excluding hydrogens is 296 g/mol. The van der Waals surface area contributed by atoms with Gasteiger partial charge in [-0.15, -0.1) is 0 Å². The Morgan fingerprint density at radius 1 is 0.812 bits per heavy atom. The maximum Gasteiger partial charge on any atom is 0.143 e. The summed E-state index contributed by atoms with van der Waals surface area (Å²) in [7, 11) is -6.32. The average molecular weight is 310 g/mol. The van der Waals surface area contributed by atoms with Crippen LogP contribution in [0.2, 0.25) is 0 Å². The van der Waals surface area contributed by atoms with Crippen LogP contribution in [0.15, 0.2) is 0 Å². The predicted molar refractivity (Wildman–Crippen MR) is 67.6 cm³/mol. The van der Waals surface area contributed by atoms with E-state index in [1.165, 1.54) is 0 Å². The van der Waals surface area contributed by atoms with E-state index in [2.05, 4.69) is 22.4 Å². The van der Waals surface area contributed by atoms with E-state index >= 15 is 0 Å². The van der Waals surface area contributed by atoms with Crippen LogP contribution in [-0.2, 0) is 49.4 Å². The summed E-state index contributed by atoms with van der Waals surface area (Å²) in [6, 6.07) is 0. The second-order valence-corrected chi connectivity index (χ2v) is 9.07. The van der Waals surface area contributed by atoms with Crippen LogP contribution in [0.4, 0.5) is 0 Å². The quantitative estimate of drug-likeness (QED) is 0.548. The fourth-order valence-electron chi connectivity index (χ4n) is 0.650. The Balaban J connectivity index is 3.29. The van der Waals surface area contributed by atoms with Crippen LogP contribution in [0.5, 0.6) is 0 Å². The summed E-state index contributed by atoms with van der Waals surface area (Å²) in [5, 5.41) is 0. The Bertz CT molecular complexity index is 334. The Labute approximate surface area is 105 Å². The molecule has 0 fully saturated rings. The fourth-order valence-corrected chi connectivity index (χ4v) is 1.72. The van der Waals surface area contributed by atoms with Crippen molar-refractivity contribution in [2.24, 2.45) is 0 Å². The van der Waals surface area contributed by atoms with E-state index in [1.807, 2.05) is 0 Å². The van der Waals surface area contributed by atoms with Crippen molar-refractivity contribution in [2.75, 3.05) is 37.9 Å². The van der Waals surface area contributed by atoms with Crippen molar-refractivity contribution in [1.29, 1.82) is 0 Å². The SMILES string of the molecule is O=S(O)(=S)CCOCCOCCS(=O)(O)=S. The summed E-state index contributed by atoms with van der Waals surface area (Å²) in [4.78, 5) is 0. The zero-order chi connectivity index (χ0) is 12.7. The molecule has 2 unspecified atom stereocenters. The molecule has 0 aliphatic carbocycles. The molecule has 0 saturated carbocycles. The molecule has 0 saturated heterocycles. The van der Waals surface area contributed by atoms with Crippen LogP contribution in [-0.4, -0.2) is 55.5 Å². The molecule has 10 heteroatoms. The second kappa shape index (κ2) is 7.82. The zero-order valence-corrected chi connectivity index (χ0v) is 11.7. The van der Waals surface area contributed by atoms with Gasteiger partial charge in [-0.2, -0.15) is 0 Å². The molecule has 2 N–H and O–H groups in total. The van der Waals surface area contributed by atoms with Crippen LogP contribution >= 0.6 is 0 Å². The first-order chi connectivity index (χ1) is 7.21. The molecule has 0 aromatic rings. The van der Waals surface area contributed by atoms with Gasteiger partial charge in [-0.25, -0.2) is 8.42 Å². The lowest BCUT2D eigenvalue weighted by Gasteiger charge is -2.05. The Morgan fingerprint density at radius 3 is 1.38 bits per heavy atom. The van der Waals surface area contributed by atoms with Gasteiger partial charge in [0, 0.05) is 22.4 Å². The third-order valence-corrected chi connectivity index (χ3v) is 3.71. The highest BCUT2D eigenvalue weighted by molar-refractivity contribution is 8.30. The number of rotatable bonds is 9. The minimum Gasteiger partial charge on any atom is -0.378 e. The smallest absolute Gasteiger partial charge is 0.143 e. The lowest BCUT2D eigenvalue weighted by atomic mass is 10.7. The molecule has 0 radical (unpaired) electrons. The van der Waals surface area contributed by atoms with E-state index < -0.39 is 17.5 Å². The van der Waals surface area contributed by atoms with Crippen molar-refractivity contribution in [3.8, 4) is 0 Å². The zero-order valence-electron chi connectivity index (χ0n) is 8.40. The van der Waals surface area contributed by atoms with E-state index in [9.17, 15) is 8.42 Å². The minimum atomic E-state index is -3.16. The van der Waals surface area contributed by atoms with Crippen LogP contribution in [0, 0.1) is 0 Å². The summed E-state index contributed by atoms with van der Waals surface area (Å²) >= 11 is 8.49. The second-order valence-electron chi connectivity index (χ2n) is 2.80. The van der Waals surface area contributed by atoms with E-state index in [-0.39, 0.29) is 37.9 Å². The fraction of sp³-hybridized carbons (Fsp3) is 1.00. The molecule has 0 spiro atoms. The first-order valence-electron chi connectivity index (χ1n) is 4.26. The monoisotopic (exact) mass is 310 g/mol. The van der Waals surface area contributed by atoms with Gasteiger partial charge in [-0.3, -0.25) is 0 Å². The number of ether oxygens (including phenoxy) is 2. The molecule has 0 amide bonds. The van der Waals surface area contributed by atoms with Crippen molar-refractivity contribution in [3.63, 3.8) is 0 Å². The van der Waals surface area contributed by atoms with Gasteiger partial charge >= 0.3 is 0 Å². The molecule has 0 bridgehead atoms. The topological polar surface area (TPSA) is 93.1 Å². The van der Waals surface area contributed by atoms with Gasteiger partial charge in [-0.05, 0) is 0 Å². The van der Waals surface area contributed by atoms with Crippen LogP contribution < -0.4 is 0 Å². The molecular formula is C6H14O6S4. The molecule has 0 aromatic heterocycles. The van der Waals surface area contributed by atoms with Gasteiger partial charge in [0.25, 0.3) is 0 Å². The molecule has 6 nitrogen and oxygen atoms in total. The third-order valence-electron chi connectivity index (χ3n) is 1.34. The molecule has 0 aliphatic rings.